The van der Waals surface area contributed by atoms with Crippen LogP contribution in [0.2, 0.25) is 0 Å². The number of anilines is 1. The fraction of sp³-hybridized carbons (Fsp3) is 0.192. The number of carbonyl (C=O) groups is 1. The fourth-order valence-electron chi connectivity index (χ4n) is 4.36. The van der Waals surface area contributed by atoms with Gasteiger partial charge in [-0.25, -0.2) is 4.98 Å². The zero-order chi connectivity index (χ0) is 22.8. The predicted octanol–water partition coefficient (Wildman–Crippen LogP) is 4.82. The number of aromatic nitrogens is 3. The van der Waals surface area contributed by atoms with Crippen molar-refractivity contribution in [1.82, 2.24) is 19.7 Å². The monoisotopic (exact) mass is 439 g/mol. The zero-order valence-electron chi connectivity index (χ0n) is 18.2. The maximum atomic E-state index is 11.9. The average Bonchev–Trinajstić information content (AvgIpc) is 3.26. The highest BCUT2D eigenvalue weighted by molar-refractivity contribution is 6.00. The van der Waals surface area contributed by atoms with Crippen molar-refractivity contribution in [3.05, 3.63) is 79.5 Å². The number of para-hydroxylation sites is 1. The summed E-state index contributed by atoms with van der Waals surface area (Å²) < 4.78 is 7.97. The maximum Gasteiger partial charge on any atom is 0.245 e. The lowest BCUT2D eigenvalue weighted by Crippen LogP contribution is -2.38. The van der Waals surface area contributed by atoms with Crippen LogP contribution >= 0.6 is 0 Å². The average molecular weight is 440 g/mol. The molecule has 1 aliphatic heterocycles. The molecule has 33 heavy (non-hydrogen) atoms. The van der Waals surface area contributed by atoms with Crippen LogP contribution < -0.4 is 10.5 Å². The van der Waals surface area contributed by atoms with Gasteiger partial charge < -0.3 is 15.4 Å². The van der Waals surface area contributed by atoms with Crippen molar-refractivity contribution in [2.45, 2.75) is 18.9 Å². The molecule has 0 unspecified atom stereocenters. The van der Waals surface area contributed by atoms with Gasteiger partial charge >= 0.3 is 0 Å². The van der Waals surface area contributed by atoms with E-state index in [1.165, 1.54) is 6.08 Å². The molecule has 1 saturated heterocycles. The summed E-state index contributed by atoms with van der Waals surface area (Å²) in [6.45, 7) is 4.95. The third-order valence-corrected chi connectivity index (χ3v) is 6.05. The van der Waals surface area contributed by atoms with E-state index in [9.17, 15) is 4.79 Å². The largest absolute Gasteiger partial charge is 0.457 e. The van der Waals surface area contributed by atoms with Crippen molar-refractivity contribution >= 4 is 22.6 Å². The zero-order valence-corrected chi connectivity index (χ0v) is 18.2. The second-order valence-electron chi connectivity index (χ2n) is 8.08. The summed E-state index contributed by atoms with van der Waals surface area (Å²) in [6.07, 6.45) is 4.73. The molecule has 1 fully saturated rings. The summed E-state index contributed by atoms with van der Waals surface area (Å²) in [5, 5.41) is 5.83. The summed E-state index contributed by atoms with van der Waals surface area (Å²) in [6, 6.07) is 19.6. The molecule has 7 nitrogen and oxygen atoms in total. The Hall–Kier alpha value is -4.13. The summed E-state index contributed by atoms with van der Waals surface area (Å²) in [5.41, 5.74) is 8.99. The van der Waals surface area contributed by atoms with Gasteiger partial charge in [-0.1, -0.05) is 24.8 Å². The van der Waals surface area contributed by atoms with Gasteiger partial charge in [0.2, 0.25) is 5.91 Å². The topological polar surface area (TPSA) is 86.3 Å². The molecule has 2 N–H and O–H groups in total. The molecule has 0 radical (unpaired) electrons. The minimum Gasteiger partial charge on any atom is -0.457 e. The van der Waals surface area contributed by atoms with E-state index in [-0.39, 0.29) is 11.9 Å². The fourth-order valence-corrected chi connectivity index (χ4v) is 4.36. The van der Waals surface area contributed by atoms with Crippen LogP contribution in [0.3, 0.4) is 0 Å². The smallest absolute Gasteiger partial charge is 0.245 e. The Balaban J connectivity index is 1.46. The molecule has 2 aromatic heterocycles. The highest BCUT2D eigenvalue weighted by atomic mass is 16.5. The van der Waals surface area contributed by atoms with Gasteiger partial charge in [-0.2, -0.15) is 5.10 Å². The normalized spacial score (nSPS) is 14.4. The van der Waals surface area contributed by atoms with Crippen LogP contribution in [0.15, 0.2) is 79.5 Å². The van der Waals surface area contributed by atoms with Crippen molar-refractivity contribution < 1.29 is 9.53 Å². The van der Waals surface area contributed by atoms with Gasteiger partial charge in [0.25, 0.3) is 0 Å². The molecule has 1 amide bonds. The van der Waals surface area contributed by atoms with Gasteiger partial charge in [0.1, 0.15) is 23.0 Å². The molecule has 0 atom stereocenters. The first kappa shape index (κ1) is 20.8. The molecule has 0 saturated carbocycles. The van der Waals surface area contributed by atoms with Crippen LogP contribution in [-0.4, -0.2) is 38.7 Å². The summed E-state index contributed by atoms with van der Waals surface area (Å²) >= 11 is 0. The number of hydrogen-bond donors (Lipinski definition) is 1. The summed E-state index contributed by atoms with van der Waals surface area (Å²) in [4.78, 5) is 18.1. The minimum atomic E-state index is -0.0225. The van der Waals surface area contributed by atoms with E-state index in [1.807, 2.05) is 70.2 Å². The lowest BCUT2D eigenvalue weighted by atomic mass is 10.0. The third-order valence-electron chi connectivity index (χ3n) is 6.05. The molecule has 2 aromatic carbocycles. The molecule has 4 aromatic rings. The number of nitrogen functional groups attached to an aromatic ring is 1. The number of nitrogens with two attached hydrogens (primary N) is 1. The van der Waals surface area contributed by atoms with E-state index in [1.54, 1.807) is 6.20 Å². The number of pyridine rings is 1. The van der Waals surface area contributed by atoms with E-state index in [4.69, 9.17) is 15.6 Å². The van der Waals surface area contributed by atoms with E-state index in [0.717, 1.165) is 46.5 Å². The van der Waals surface area contributed by atoms with Gasteiger partial charge in [0.05, 0.1) is 16.9 Å². The third kappa shape index (κ3) is 4.05. The molecule has 3 heterocycles. The lowest BCUT2D eigenvalue weighted by Gasteiger charge is -2.31. The van der Waals surface area contributed by atoms with Gasteiger partial charge in [0.15, 0.2) is 0 Å². The van der Waals surface area contributed by atoms with Crippen molar-refractivity contribution in [2.24, 2.45) is 0 Å². The Morgan fingerprint density at radius 3 is 2.42 bits per heavy atom. The number of likely N-dealkylation sites (tertiary alicyclic amines) is 1. The van der Waals surface area contributed by atoms with Crippen molar-refractivity contribution in [1.29, 1.82) is 0 Å². The van der Waals surface area contributed by atoms with Gasteiger partial charge in [0, 0.05) is 24.8 Å². The second-order valence-corrected chi connectivity index (χ2v) is 8.08. The molecule has 0 bridgehead atoms. The van der Waals surface area contributed by atoms with Crippen LogP contribution in [0.4, 0.5) is 5.82 Å². The Morgan fingerprint density at radius 1 is 1.03 bits per heavy atom. The van der Waals surface area contributed by atoms with Gasteiger partial charge in [-0.3, -0.25) is 9.48 Å². The van der Waals surface area contributed by atoms with E-state index >= 15 is 0 Å². The highest BCUT2D eigenvalue weighted by Gasteiger charge is 2.26. The molecule has 166 valence electrons. The first-order valence-electron chi connectivity index (χ1n) is 11.0. The first-order chi connectivity index (χ1) is 16.1. The minimum absolute atomic E-state index is 0.0225. The lowest BCUT2D eigenvalue weighted by molar-refractivity contribution is -0.127. The molecule has 5 rings (SSSR count). The maximum absolute atomic E-state index is 11.9. The van der Waals surface area contributed by atoms with E-state index < -0.39 is 0 Å². The predicted molar refractivity (Wildman–Crippen MR) is 129 cm³/mol. The number of nitrogens with zero attached hydrogens (tertiary/aromatic N) is 4. The Labute approximate surface area is 192 Å². The Kier molecular flexibility index (Phi) is 5.52. The van der Waals surface area contributed by atoms with Crippen molar-refractivity contribution in [2.75, 3.05) is 18.8 Å². The number of ether oxygens (including phenoxy) is 1. The van der Waals surface area contributed by atoms with Crippen molar-refractivity contribution in [3.8, 4) is 22.8 Å². The number of fused-ring (bicyclic) bond motifs is 1. The van der Waals surface area contributed by atoms with Crippen LogP contribution in [0.1, 0.15) is 18.9 Å². The van der Waals surface area contributed by atoms with Gasteiger partial charge in [-0.15, -0.1) is 0 Å². The summed E-state index contributed by atoms with van der Waals surface area (Å²) in [5.74, 6) is 1.97. The molecule has 0 spiro atoms. The standard InChI is InChI=1S/C26H25N5O2/c1-2-23(32)30-16-13-19(14-17-30)31-22-12-15-28-26(27)24(22)25(29-31)18-8-10-21(11-9-18)33-20-6-4-3-5-7-20/h2-12,15,19H,1,13-14,16-17H2,(H2,27,28). The SMILES string of the molecule is C=CC(=O)N1CCC(n2nc(-c3ccc(Oc4ccccc4)cc3)c3c(N)nccc32)CC1. The van der Waals surface area contributed by atoms with E-state index in [0.29, 0.717) is 18.9 Å². The van der Waals surface area contributed by atoms with Gasteiger partial charge in [-0.05, 0) is 61.4 Å². The number of benzene rings is 2. The second kappa shape index (κ2) is 8.78. The molecular formula is C26H25N5O2. The Morgan fingerprint density at radius 2 is 1.73 bits per heavy atom. The molecule has 0 aliphatic carbocycles. The number of piperidine rings is 1. The number of hydrogen-bond acceptors (Lipinski definition) is 5. The van der Waals surface area contributed by atoms with Crippen LogP contribution in [0, 0.1) is 0 Å². The van der Waals surface area contributed by atoms with E-state index in [2.05, 4.69) is 11.6 Å². The highest BCUT2D eigenvalue weighted by Crippen LogP contribution is 2.36. The molecular weight excluding hydrogens is 414 g/mol. The first-order valence-corrected chi connectivity index (χ1v) is 11.0. The van der Waals surface area contributed by atoms with Crippen LogP contribution in [-0.2, 0) is 4.79 Å². The number of carbonyl (C=O) groups excluding carboxylic acids is 1. The molecule has 1 aliphatic rings. The number of rotatable bonds is 5. The van der Waals surface area contributed by atoms with Crippen LogP contribution in [0.25, 0.3) is 22.2 Å². The summed E-state index contributed by atoms with van der Waals surface area (Å²) in [7, 11) is 0. The quantitative estimate of drug-likeness (QED) is 0.451. The Bertz CT molecular complexity index is 1290. The molecule has 7 heteroatoms. The number of amides is 1. The van der Waals surface area contributed by atoms with Crippen molar-refractivity contribution in [3.63, 3.8) is 0 Å². The van der Waals surface area contributed by atoms with Crippen LogP contribution in [0.5, 0.6) is 11.5 Å².